The smallest absolute Gasteiger partial charge is 0.325 e. The zero-order chi connectivity index (χ0) is 27.4. The average Bonchev–Trinajstić information content (AvgIpc) is 3.49. The lowest BCUT2D eigenvalue weighted by Gasteiger charge is -2.34. The van der Waals surface area contributed by atoms with Gasteiger partial charge in [-0.1, -0.05) is 60.1 Å². The van der Waals surface area contributed by atoms with Gasteiger partial charge in [0.2, 0.25) is 0 Å². The Hall–Kier alpha value is -3.70. The van der Waals surface area contributed by atoms with Crippen molar-refractivity contribution in [1.29, 1.82) is 0 Å². The number of hydrogen-bond donors (Lipinski definition) is 1. The molecule has 1 aliphatic heterocycles. The van der Waals surface area contributed by atoms with Gasteiger partial charge in [0.1, 0.15) is 16.0 Å². The number of sulfonamides is 1. The van der Waals surface area contributed by atoms with Gasteiger partial charge in [-0.15, -0.1) is 11.3 Å². The van der Waals surface area contributed by atoms with Gasteiger partial charge in [-0.3, -0.25) is 9.59 Å². The van der Waals surface area contributed by atoms with E-state index in [1.54, 1.807) is 35.7 Å². The summed E-state index contributed by atoms with van der Waals surface area (Å²) < 4.78 is 39.2. The molecule has 200 valence electrons. The molecule has 0 fully saturated rings. The van der Waals surface area contributed by atoms with Crippen LogP contribution >= 0.6 is 22.9 Å². The fourth-order valence-corrected chi connectivity index (χ4v) is 7.05. The number of para-hydroxylation sites is 1. The Balaban J connectivity index is 1.30. The first-order chi connectivity index (χ1) is 18.8. The summed E-state index contributed by atoms with van der Waals surface area (Å²) in [5, 5.41) is 4.69. The van der Waals surface area contributed by atoms with E-state index in [1.165, 1.54) is 12.1 Å². The van der Waals surface area contributed by atoms with E-state index < -0.39 is 34.5 Å². The number of nitrogens with zero attached hydrogens (tertiary/aromatic N) is 1. The summed E-state index contributed by atoms with van der Waals surface area (Å²) in [6.07, 6.45) is 0.130. The third-order valence-corrected chi connectivity index (χ3v) is 9.53. The van der Waals surface area contributed by atoms with Crippen molar-refractivity contribution in [2.75, 3.05) is 11.9 Å². The van der Waals surface area contributed by atoms with Crippen LogP contribution in [0.4, 0.5) is 5.69 Å². The summed E-state index contributed by atoms with van der Waals surface area (Å²) in [4.78, 5) is 26.0. The molecule has 1 amide bonds. The van der Waals surface area contributed by atoms with Gasteiger partial charge in [0, 0.05) is 18.0 Å². The highest BCUT2D eigenvalue weighted by atomic mass is 35.5. The zero-order valence-electron chi connectivity index (χ0n) is 20.5. The number of carbonyl (C=O) groups is 2. The first kappa shape index (κ1) is 26.9. The Morgan fingerprint density at radius 1 is 0.974 bits per heavy atom. The molecule has 0 spiro atoms. The molecule has 0 saturated heterocycles. The highest BCUT2D eigenvalue weighted by molar-refractivity contribution is 7.91. The normalized spacial score (nSPS) is 15.3. The number of amides is 1. The molecule has 0 saturated carbocycles. The molecule has 1 atom stereocenters. The standard InChI is InChI=1S/C28H23ClN2O6S2/c29-21-12-13-25(37-22-9-2-1-3-10-22)23(16-21)30-26(32)18-36-28(33)24-15-19-7-4-5-8-20(19)17-31(24)39(34,35)27-11-6-14-38-27/h1-14,16,24H,15,17-18H2,(H,30,32)/t24-/m0/s1. The van der Waals surface area contributed by atoms with Gasteiger partial charge in [-0.05, 0) is 52.9 Å². The molecular formula is C28H23ClN2O6S2. The van der Waals surface area contributed by atoms with Crippen LogP contribution in [0.2, 0.25) is 5.02 Å². The van der Waals surface area contributed by atoms with Gasteiger partial charge < -0.3 is 14.8 Å². The minimum Gasteiger partial charge on any atom is -0.455 e. The van der Waals surface area contributed by atoms with Crippen molar-refractivity contribution in [3.63, 3.8) is 0 Å². The lowest BCUT2D eigenvalue weighted by atomic mass is 9.96. The number of hydrogen-bond acceptors (Lipinski definition) is 7. The lowest BCUT2D eigenvalue weighted by molar-refractivity contribution is -0.151. The van der Waals surface area contributed by atoms with E-state index in [2.05, 4.69) is 5.32 Å². The predicted octanol–water partition coefficient (Wildman–Crippen LogP) is 5.49. The van der Waals surface area contributed by atoms with E-state index in [0.29, 0.717) is 22.2 Å². The number of benzene rings is 3. The van der Waals surface area contributed by atoms with Crippen LogP contribution in [0.15, 0.2) is 94.5 Å². The summed E-state index contributed by atoms with van der Waals surface area (Å²) in [5.74, 6) is -0.534. The molecule has 5 rings (SSSR count). The topological polar surface area (TPSA) is 102 Å². The number of anilines is 1. The molecule has 0 radical (unpaired) electrons. The molecule has 0 unspecified atom stereocenters. The minimum absolute atomic E-state index is 0.0189. The fraction of sp³-hybridized carbons (Fsp3) is 0.143. The third kappa shape index (κ3) is 6.15. The predicted molar refractivity (Wildman–Crippen MR) is 149 cm³/mol. The van der Waals surface area contributed by atoms with E-state index in [0.717, 1.165) is 26.8 Å². The molecule has 39 heavy (non-hydrogen) atoms. The number of esters is 1. The van der Waals surface area contributed by atoms with Crippen LogP contribution in [0.1, 0.15) is 11.1 Å². The monoisotopic (exact) mass is 582 g/mol. The number of rotatable bonds is 8. The highest BCUT2D eigenvalue weighted by Crippen LogP contribution is 2.33. The Bertz CT molecular complexity index is 1590. The maximum absolute atomic E-state index is 13.4. The number of carbonyl (C=O) groups excluding carboxylic acids is 2. The second kappa shape index (κ2) is 11.6. The van der Waals surface area contributed by atoms with Crippen LogP contribution in [-0.4, -0.2) is 37.2 Å². The number of thiophene rings is 1. The molecule has 11 heteroatoms. The molecule has 3 aromatic carbocycles. The lowest BCUT2D eigenvalue weighted by Crippen LogP contribution is -2.49. The molecule has 0 bridgehead atoms. The van der Waals surface area contributed by atoms with Crippen LogP contribution in [0.5, 0.6) is 11.5 Å². The maximum atomic E-state index is 13.4. The van der Waals surface area contributed by atoms with Crippen LogP contribution in [0.3, 0.4) is 0 Å². The first-order valence-electron chi connectivity index (χ1n) is 11.9. The van der Waals surface area contributed by atoms with Crippen molar-refractivity contribution in [3.8, 4) is 11.5 Å². The van der Waals surface area contributed by atoms with E-state index in [9.17, 15) is 18.0 Å². The molecule has 1 aromatic heterocycles. The van der Waals surface area contributed by atoms with Gasteiger partial charge in [-0.2, -0.15) is 4.31 Å². The number of fused-ring (bicyclic) bond motifs is 1. The van der Waals surface area contributed by atoms with E-state index in [1.807, 2.05) is 42.5 Å². The molecular weight excluding hydrogens is 560 g/mol. The largest absolute Gasteiger partial charge is 0.455 e. The van der Waals surface area contributed by atoms with Crippen molar-refractivity contribution >= 4 is 50.5 Å². The number of halogens is 1. The summed E-state index contributed by atoms with van der Waals surface area (Å²) >= 11 is 7.19. The average molecular weight is 583 g/mol. The molecule has 1 N–H and O–H groups in total. The number of nitrogens with one attached hydrogen (secondary N) is 1. The molecule has 0 aliphatic carbocycles. The van der Waals surface area contributed by atoms with Gasteiger partial charge in [-0.25, -0.2) is 8.42 Å². The van der Waals surface area contributed by atoms with Crippen LogP contribution in [0, 0.1) is 0 Å². The van der Waals surface area contributed by atoms with Crippen molar-refractivity contribution in [1.82, 2.24) is 4.31 Å². The van der Waals surface area contributed by atoms with E-state index in [4.69, 9.17) is 21.1 Å². The van der Waals surface area contributed by atoms with Gasteiger partial charge in [0.05, 0.1) is 5.69 Å². The minimum atomic E-state index is -3.96. The second-order valence-electron chi connectivity index (χ2n) is 8.68. The summed E-state index contributed by atoms with van der Waals surface area (Å²) in [6.45, 7) is -0.605. The zero-order valence-corrected chi connectivity index (χ0v) is 22.8. The van der Waals surface area contributed by atoms with Crippen molar-refractivity contribution in [3.05, 3.63) is 106 Å². The molecule has 4 aromatic rings. The van der Waals surface area contributed by atoms with Gasteiger partial charge in [0.15, 0.2) is 12.4 Å². The van der Waals surface area contributed by atoms with Gasteiger partial charge in [0.25, 0.3) is 15.9 Å². The van der Waals surface area contributed by atoms with E-state index in [-0.39, 0.29) is 17.2 Å². The van der Waals surface area contributed by atoms with Crippen molar-refractivity contribution in [2.24, 2.45) is 0 Å². The summed E-state index contributed by atoms with van der Waals surface area (Å²) in [5.41, 5.74) is 1.95. The molecule has 2 heterocycles. The van der Waals surface area contributed by atoms with Crippen LogP contribution < -0.4 is 10.1 Å². The van der Waals surface area contributed by atoms with Gasteiger partial charge >= 0.3 is 5.97 Å². The van der Waals surface area contributed by atoms with Crippen molar-refractivity contribution in [2.45, 2.75) is 23.2 Å². The summed E-state index contributed by atoms with van der Waals surface area (Å²) in [6, 6.07) is 23.1. The Kier molecular flexibility index (Phi) is 7.99. The molecule has 8 nitrogen and oxygen atoms in total. The Morgan fingerprint density at radius 2 is 1.72 bits per heavy atom. The third-order valence-electron chi connectivity index (χ3n) is 6.07. The second-order valence-corrected chi connectivity index (χ2v) is 12.2. The van der Waals surface area contributed by atoms with Crippen molar-refractivity contribution < 1.29 is 27.5 Å². The van der Waals surface area contributed by atoms with E-state index >= 15 is 0 Å². The number of ether oxygens (including phenoxy) is 2. The SMILES string of the molecule is O=C(COC(=O)[C@@H]1Cc2ccccc2CN1S(=O)(=O)c1cccs1)Nc1cc(Cl)ccc1Oc1ccccc1. The quantitative estimate of drug-likeness (QED) is 0.276. The van der Waals surface area contributed by atoms with Crippen LogP contribution in [0.25, 0.3) is 0 Å². The Labute approximate surface area is 234 Å². The highest BCUT2D eigenvalue weighted by Gasteiger charge is 2.41. The summed E-state index contributed by atoms with van der Waals surface area (Å²) in [7, 11) is -3.96. The van der Waals surface area contributed by atoms with Crippen LogP contribution in [-0.2, 0) is 37.3 Å². The first-order valence-corrected chi connectivity index (χ1v) is 14.6. The fourth-order valence-electron chi connectivity index (χ4n) is 4.20. The Morgan fingerprint density at radius 3 is 2.46 bits per heavy atom. The molecule has 1 aliphatic rings. The maximum Gasteiger partial charge on any atom is 0.325 e.